The van der Waals surface area contributed by atoms with Gasteiger partial charge in [0.1, 0.15) is 0 Å². The summed E-state index contributed by atoms with van der Waals surface area (Å²) in [6.07, 6.45) is 2.68. The highest BCUT2D eigenvalue weighted by atomic mass is 32.2. The largest absolute Gasteiger partial charge is 0.228 e. The Kier molecular flexibility index (Phi) is 4.22. The van der Waals surface area contributed by atoms with E-state index in [0.717, 1.165) is 10.6 Å². The molecular weight excluding hydrogens is 185 g/mol. The maximum Gasteiger partial charge on any atom is 0.213 e. The van der Waals surface area contributed by atoms with Gasteiger partial charge in [0.2, 0.25) is 5.95 Å². The Hall–Kier alpha value is -0.570. The summed E-state index contributed by atoms with van der Waals surface area (Å²) in [6, 6.07) is 3.32. The molecule has 0 aliphatic rings. The van der Waals surface area contributed by atoms with Crippen LogP contribution < -0.4 is 0 Å². The lowest BCUT2D eigenvalue weighted by molar-refractivity contribution is 0.579. The van der Waals surface area contributed by atoms with E-state index >= 15 is 0 Å². The predicted molar refractivity (Wildman–Crippen MR) is 54.4 cm³/mol. The zero-order chi connectivity index (χ0) is 9.68. The number of hydrogen-bond acceptors (Lipinski definition) is 2. The third-order valence-corrected chi connectivity index (χ3v) is 3.25. The molecule has 0 spiro atoms. The van der Waals surface area contributed by atoms with E-state index < -0.39 is 5.95 Å². The second-order valence-corrected chi connectivity index (χ2v) is 4.23. The van der Waals surface area contributed by atoms with Gasteiger partial charge < -0.3 is 0 Å². The summed E-state index contributed by atoms with van der Waals surface area (Å²) in [5, 5.41) is 0. The summed E-state index contributed by atoms with van der Waals surface area (Å²) < 4.78 is 12.6. The van der Waals surface area contributed by atoms with Gasteiger partial charge in [-0.2, -0.15) is 4.39 Å². The molecule has 1 rings (SSSR count). The number of aromatic nitrogens is 1. The molecule has 0 saturated heterocycles. The monoisotopic (exact) mass is 199 g/mol. The second-order valence-electron chi connectivity index (χ2n) is 3.14. The van der Waals surface area contributed by atoms with Crippen LogP contribution in [0.2, 0.25) is 0 Å². The van der Waals surface area contributed by atoms with Crippen LogP contribution in [0.1, 0.15) is 20.3 Å². The van der Waals surface area contributed by atoms with Gasteiger partial charge in [0.25, 0.3) is 0 Å². The average Bonchev–Trinajstić information content (AvgIpc) is 2.14. The zero-order valence-electron chi connectivity index (χ0n) is 7.96. The maximum absolute atomic E-state index is 12.6. The smallest absolute Gasteiger partial charge is 0.213 e. The summed E-state index contributed by atoms with van der Waals surface area (Å²) in [4.78, 5) is 4.47. The highest BCUT2D eigenvalue weighted by molar-refractivity contribution is 7.99. The maximum atomic E-state index is 12.6. The zero-order valence-corrected chi connectivity index (χ0v) is 8.77. The number of hydrogen-bond donors (Lipinski definition) is 0. The quantitative estimate of drug-likeness (QED) is 0.544. The van der Waals surface area contributed by atoms with Crippen molar-refractivity contribution < 1.29 is 4.39 Å². The van der Waals surface area contributed by atoms with Crippen molar-refractivity contribution in [1.29, 1.82) is 0 Å². The minimum Gasteiger partial charge on any atom is -0.228 e. The van der Waals surface area contributed by atoms with Crippen molar-refractivity contribution in [3.8, 4) is 0 Å². The number of pyridine rings is 1. The molecule has 0 aromatic carbocycles. The van der Waals surface area contributed by atoms with Gasteiger partial charge in [-0.05, 0) is 12.0 Å². The van der Waals surface area contributed by atoms with Gasteiger partial charge in [-0.25, -0.2) is 4.98 Å². The van der Waals surface area contributed by atoms with E-state index in [-0.39, 0.29) is 0 Å². The van der Waals surface area contributed by atoms with Gasteiger partial charge in [0.15, 0.2) is 0 Å². The molecule has 1 atom stereocenters. The van der Waals surface area contributed by atoms with Crippen LogP contribution in [0.25, 0.3) is 0 Å². The molecule has 1 unspecified atom stereocenters. The minimum atomic E-state index is -0.394. The van der Waals surface area contributed by atoms with Gasteiger partial charge in [-0.1, -0.05) is 20.3 Å². The molecule has 13 heavy (non-hydrogen) atoms. The predicted octanol–water partition coefficient (Wildman–Crippen LogP) is 3.36. The summed E-state index contributed by atoms with van der Waals surface area (Å²) in [5.41, 5.74) is 0. The van der Waals surface area contributed by atoms with Crippen molar-refractivity contribution in [3.05, 3.63) is 24.3 Å². The Morgan fingerprint density at radius 2 is 2.38 bits per heavy atom. The fourth-order valence-corrected chi connectivity index (χ4v) is 1.88. The van der Waals surface area contributed by atoms with Crippen LogP contribution in [0.4, 0.5) is 4.39 Å². The van der Waals surface area contributed by atoms with Crippen LogP contribution in [0.3, 0.4) is 0 Å². The molecule has 0 bridgehead atoms. The number of halogens is 1. The van der Waals surface area contributed by atoms with Crippen molar-refractivity contribution >= 4 is 11.8 Å². The van der Waals surface area contributed by atoms with Crippen LogP contribution in [-0.4, -0.2) is 10.7 Å². The number of nitrogens with zero attached hydrogens (tertiary/aromatic N) is 1. The molecule has 0 N–H and O–H groups in total. The van der Waals surface area contributed by atoms with Crippen LogP contribution in [-0.2, 0) is 0 Å². The molecule has 0 saturated carbocycles. The van der Waals surface area contributed by atoms with Crippen LogP contribution in [0.15, 0.2) is 23.2 Å². The summed E-state index contributed by atoms with van der Waals surface area (Å²) >= 11 is 1.69. The van der Waals surface area contributed by atoms with Crippen LogP contribution >= 0.6 is 11.8 Å². The van der Waals surface area contributed by atoms with Crippen molar-refractivity contribution in [3.63, 3.8) is 0 Å². The van der Waals surface area contributed by atoms with E-state index in [1.807, 2.05) is 6.07 Å². The lowest BCUT2D eigenvalue weighted by atomic mass is 10.2. The molecule has 1 nitrogen and oxygen atoms in total. The standard InChI is InChI=1S/C10H14FNS/c1-3-8(2)7-13-9-4-5-12-10(11)6-9/h4-6,8H,3,7H2,1-2H3. The molecule has 1 aromatic heterocycles. The number of rotatable bonds is 4. The molecular formula is C10H14FNS. The lowest BCUT2D eigenvalue weighted by Crippen LogP contribution is -1.95. The molecule has 0 aliphatic carbocycles. The first kappa shape index (κ1) is 10.5. The Morgan fingerprint density at radius 3 is 3.00 bits per heavy atom. The average molecular weight is 199 g/mol. The van der Waals surface area contributed by atoms with Gasteiger partial charge in [-0.3, -0.25) is 0 Å². The Balaban J connectivity index is 2.45. The molecule has 3 heteroatoms. The summed E-state index contributed by atoms with van der Waals surface area (Å²) in [6.45, 7) is 4.36. The minimum absolute atomic E-state index is 0.394. The Morgan fingerprint density at radius 1 is 1.62 bits per heavy atom. The molecule has 0 fully saturated rings. The second kappa shape index (κ2) is 5.22. The first-order chi connectivity index (χ1) is 6.22. The van der Waals surface area contributed by atoms with E-state index in [4.69, 9.17) is 0 Å². The van der Waals surface area contributed by atoms with Crippen molar-refractivity contribution in [2.24, 2.45) is 5.92 Å². The van der Waals surface area contributed by atoms with E-state index in [0.29, 0.717) is 5.92 Å². The van der Waals surface area contributed by atoms with Gasteiger partial charge in [0, 0.05) is 22.9 Å². The van der Waals surface area contributed by atoms with E-state index in [1.165, 1.54) is 18.7 Å². The normalized spacial score (nSPS) is 12.8. The summed E-state index contributed by atoms with van der Waals surface area (Å²) in [7, 11) is 0. The molecule has 0 amide bonds. The van der Waals surface area contributed by atoms with E-state index in [1.54, 1.807) is 11.8 Å². The van der Waals surface area contributed by atoms with Crippen molar-refractivity contribution in [2.45, 2.75) is 25.2 Å². The fourth-order valence-electron chi connectivity index (χ4n) is 0.831. The Bertz CT molecular complexity index is 265. The van der Waals surface area contributed by atoms with Crippen molar-refractivity contribution in [1.82, 2.24) is 4.98 Å². The first-order valence-electron chi connectivity index (χ1n) is 4.46. The molecule has 0 radical (unpaired) electrons. The van der Waals surface area contributed by atoms with Crippen LogP contribution in [0, 0.1) is 11.9 Å². The highest BCUT2D eigenvalue weighted by Crippen LogP contribution is 2.21. The topological polar surface area (TPSA) is 12.9 Å². The fraction of sp³-hybridized carbons (Fsp3) is 0.500. The highest BCUT2D eigenvalue weighted by Gasteiger charge is 2.01. The molecule has 1 aromatic rings. The lowest BCUT2D eigenvalue weighted by Gasteiger charge is -2.06. The van der Waals surface area contributed by atoms with Gasteiger partial charge in [0.05, 0.1) is 0 Å². The third kappa shape index (κ3) is 3.77. The van der Waals surface area contributed by atoms with Gasteiger partial charge >= 0.3 is 0 Å². The van der Waals surface area contributed by atoms with Gasteiger partial charge in [-0.15, -0.1) is 11.8 Å². The molecule has 1 heterocycles. The third-order valence-electron chi connectivity index (χ3n) is 1.93. The number of thioether (sulfide) groups is 1. The van der Waals surface area contributed by atoms with Crippen LogP contribution in [0.5, 0.6) is 0 Å². The van der Waals surface area contributed by atoms with E-state index in [2.05, 4.69) is 18.8 Å². The SMILES string of the molecule is CCC(C)CSc1ccnc(F)c1. The Labute approximate surface area is 82.8 Å². The van der Waals surface area contributed by atoms with E-state index in [9.17, 15) is 4.39 Å². The summed E-state index contributed by atoms with van der Waals surface area (Å²) in [5.74, 6) is 1.33. The van der Waals surface area contributed by atoms with Crippen molar-refractivity contribution in [2.75, 3.05) is 5.75 Å². The first-order valence-corrected chi connectivity index (χ1v) is 5.45. The molecule has 0 aliphatic heterocycles. The molecule has 72 valence electrons.